The highest BCUT2D eigenvalue weighted by Crippen LogP contribution is 2.27. The molecule has 0 saturated carbocycles. The zero-order chi connectivity index (χ0) is 15.2. The Morgan fingerprint density at radius 1 is 1.30 bits per heavy atom. The summed E-state index contributed by atoms with van der Waals surface area (Å²) in [5, 5.41) is 12.8. The van der Waals surface area contributed by atoms with Crippen molar-refractivity contribution in [3.63, 3.8) is 0 Å². The quantitative estimate of drug-likeness (QED) is 0.753. The van der Waals surface area contributed by atoms with Gasteiger partial charge in [-0.3, -0.25) is 0 Å². The van der Waals surface area contributed by atoms with Crippen LogP contribution in [0, 0.1) is 0 Å². The lowest BCUT2D eigenvalue weighted by Gasteiger charge is -2.14. The highest BCUT2D eigenvalue weighted by atomic mass is 35.5. The Morgan fingerprint density at radius 3 is 2.60 bits per heavy atom. The Bertz CT molecular complexity index is 430. The Hall–Kier alpha value is -0.690. The Balaban J connectivity index is 2.24. The molecule has 0 heterocycles. The van der Waals surface area contributed by atoms with E-state index in [1.54, 1.807) is 12.1 Å². The zero-order valence-corrected chi connectivity index (χ0v) is 11.9. The molecule has 0 aromatic heterocycles. The number of alkyl halides is 3. The van der Waals surface area contributed by atoms with Crippen LogP contribution in [0.5, 0.6) is 5.75 Å². The number of ether oxygens (including phenoxy) is 1. The minimum atomic E-state index is -4.20. The Morgan fingerprint density at radius 2 is 2.00 bits per heavy atom. The van der Waals surface area contributed by atoms with Gasteiger partial charge in [0, 0.05) is 18.1 Å². The van der Waals surface area contributed by atoms with Crippen molar-refractivity contribution in [3.05, 3.63) is 28.2 Å². The van der Waals surface area contributed by atoms with Gasteiger partial charge in [0.1, 0.15) is 18.5 Å². The summed E-state index contributed by atoms with van der Waals surface area (Å²) in [4.78, 5) is 0. The van der Waals surface area contributed by atoms with Crippen molar-refractivity contribution in [3.8, 4) is 5.75 Å². The van der Waals surface area contributed by atoms with E-state index in [4.69, 9.17) is 27.9 Å². The van der Waals surface area contributed by atoms with E-state index in [-0.39, 0.29) is 19.7 Å². The van der Waals surface area contributed by atoms with E-state index < -0.39 is 18.7 Å². The smallest absolute Gasteiger partial charge is 0.390 e. The first-order valence-electron chi connectivity index (χ1n) is 5.81. The summed E-state index contributed by atoms with van der Waals surface area (Å²) < 4.78 is 40.9. The molecule has 0 saturated heterocycles. The fourth-order valence-electron chi connectivity index (χ4n) is 1.34. The van der Waals surface area contributed by atoms with Crippen molar-refractivity contribution < 1.29 is 23.0 Å². The molecule has 1 aromatic carbocycles. The summed E-state index contributed by atoms with van der Waals surface area (Å²) in [5.74, 6) is 0.352. The van der Waals surface area contributed by atoms with Crippen LogP contribution in [-0.2, 0) is 0 Å². The predicted octanol–water partition coefficient (Wildman–Crippen LogP) is 3.28. The Kier molecular flexibility index (Phi) is 6.88. The van der Waals surface area contributed by atoms with E-state index in [1.165, 1.54) is 6.07 Å². The van der Waals surface area contributed by atoms with Crippen molar-refractivity contribution in [2.24, 2.45) is 0 Å². The third-order valence-corrected chi connectivity index (χ3v) is 2.82. The molecular formula is C12H14Cl2F3NO2. The van der Waals surface area contributed by atoms with Gasteiger partial charge in [-0.25, -0.2) is 0 Å². The predicted molar refractivity (Wildman–Crippen MR) is 71.5 cm³/mol. The zero-order valence-electron chi connectivity index (χ0n) is 10.4. The van der Waals surface area contributed by atoms with E-state index in [1.807, 2.05) is 0 Å². The van der Waals surface area contributed by atoms with E-state index in [9.17, 15) is 18.3 Å². The highest BCUT2D eigenvalue weighted by Gasteiger charge is 2.26. The largest absolute Gasteiger partial charge is 0.489 e. The first-order chi connectivity index (χ1) is 9.28. The van der Waals surface area contributed by atoms with E-state index in [0.29, 0.717) is 15.8 Å². The summed E-state index contributed by atoms with van der Waals surface area (Å²) in [6, 6.07) is 4.62. The maximum atomic E-state index is 11.9. The van der Waals surface area contributed by atoms with Gasteiger partial charge < -0.3 is 15.2 Å². The molecule has 8 heteroatoms. The first-order valence-corrected chi connectivity index (χ1v) is 6.57. The second-order valence-corrected chi connectivity index (χ2v) is 4.95. The molecule has 3 nitrogen and oxygen atoms in total. The number of rotatable bonds is 7. The fourth-order valence-corrected chi connectivity index (χ4v) is 1.80. The van der Waals surface area contributed by atoms with Crippen LogP contribution in [0.1, 0.15) is 6.42 Å². The molecule has 0 amide bonds. The number of hydrogen-bond acceptors (Lipinski definition) is 3. The van der Waals surface area contributed by atoms with Crippen LogP contribution in [0.4, 0.5) is 13.2 Å². The molecule has 0 aliphatic carbocycles. The van der Waals surface area contributed by atoms with E-state index >= 15 is 0 Å². The molecule has 1 atom stereocenters. The van der Waals surface area contributed by atoms with Crippen molar-refractivity contribution in [2.45, 2.75) is 18.7 Å². The summed E-state index contributed by atoms with van der Waals surface area (Å²) in [5.41, 5.74) is 0. The molecule has 0 fully saturated rings. The van der Waals surface area contributed by atoms with Gasteiger partial charge in [-0.1, -0.05) is 23.2 Å². The van der Waals surface area contributed by atoms with Crippen molar-refractivity contribution in [2.75, 3.05) is 19.7 Å². The van der Waals surface area contributed by atoms with Crippen LogP contribution in [0.15, 0.2) is 18.2 Å². The third-order valence-electron chi connectivity index (χ3n) is 2.29. The van der Waals surface area contributed by atoms with Gasteiger partial charge in [0.25, 0.3) is 0 Å². The summed E-state index contributed by atoms with van der Waals surface area (Å²) in [7, 11) is 0. The van der Waals surface area contributed by atoms with Crippen LogP contribution < -0.4 is 10.1 Å². The molecule has 1 rings (SSSR count). The minimum absolute atomic E-state index is 0.00128. The lowest BCUT2D eigenvalue weighted by Crippen LogP contribution is -2.33. The normalized spacial score (nSPS) is 13.3. The molecule has 20 heavy (non-hydrogen) atoms. The average molecular weight is 332 g/mol. The monoisotopic (exact) mass is 331 g/mol. The average Bonchev–Trinajstić information content (AvgIpc) is 2.32. The molecule has 0 aliphatic rings. The number of aliphatic hydroxyl groups is 1. The van der Waals surface area contributed by atoms with E-state index in [0.717, 1.165) is 0 Å². The summed E-state index contributed by atoms with van der Waals surface area (Å²) in [6.07, 6.45) is -6.08. The molecule has 1 unspecified atom stereocenters. The summed E-state index contributed by atoms with van der Waals surface area (Å²) >= 11 is 11.6. The molecule has 0 bridgehead atoms. The van der Waals surface area contributed by atoms with Crippen molar-refractivity contribution in [1.82, 2.24) is 5.32 Å². The van der Waals surface area contributed by atoms with Crippen LogP contribution in [0.2, 0.25) is 10.0 Å². The molecule has 0 aliphatic heterocycles. The van der Waals surface area contributed by atoms with Gasteiger partial charge in [0.15, 0.2) is 0 Å². The van der Waals surface area contributed by atoms with Crippen molar-refractivity contribution >= 4 is 23.2 Å². The molecule has 1 aromatic rings. The second-order valence-electron chi connectivity index (χ2n) is 4.11. The molecule has 2 N–H and O–H groups in total. The topological polar surface area (TPSA) is 41.5 Å². The molecule has 114 valence electrons. The third kappa shape index (κ3) is 7.19. The minimum Gasteiger partial charge on any atom is -0.489 e. The second kappa shape index (κ2) is 7.93. The summed E-state index contributed by atoms with van der Waals surface area (Å²) in [6.45, 7) is -0.329. The van der Waals surface area contributed by atoms with Gasteiger partial charge in [-0.05, 0) is 18.2 Å². The van der Waals surface area contributed by atoms with Gasteiger partial charge >= 0.3 is 6.18 Å². The van der Waals surface area contributed by atoms with E-state index in [2.05, 4.69) is 5.32 Å². The van der Waals surface area contributed by atoms with Gasteiger partial charge in [0.2, 0.25) is 0 Å². The molecule has 0 radical (unpaired) electrons. The molecular weight excluding hydrogens is 318 g/mol. The lowest BCUT2D eigenvalue weighted by atomic mass is 10.3. The van der Waals surface area contributed by atoms with Crippen molar-refractivity contribution in [1.29, 1.82) is 0 Å². The first kappa shape index (κ1) is 17.4. The maximum absolute atomic E-state index is 11.9. The SMILES string of the molecule is OC(CNCCC(F)(F)F)COc1ccc(Cl)cc1Cl. The van der Waals surface area contributed by atoms with Crippen LogP contribution in [0.3, 0.4) is 0 Å². The lowest BCUT2D eigenvalue weighted by molar-refractivity contribution is -0.133. The van der Waals surface area contributed by atoms with Gasteiger partial charge in [-0.15, -0.1) is 0 Å². The number of halogens is 5. The standard InChI is InChI=1S/C12H14Cl2F3NO2/c13-8-1-2-11(10(14)5-8)20-7-9(19)6-18-4-3-12(15,16)17/h1-2,5,9,18-19H,3-4,6-7H2. The highest BCUT2D eigenvalue weighted by molar-refractivity contribution is 6.35. The molecule has 0 spiro atoms. The maximum Gasteiger partial charge on any atom is 0.390 e. The number of nitrogens with one attached hydrogen (secondary N) is 1. The van der Waals surface area contributed by atoms with Crippen LogP contribution >= 0.6 is 23.2 Å². The fraction of sp³-hybridized carbons (Fsp3) is 0.500. The Labute approximate surface area is 124 Å². The van der Waals surface area contributed by atoms with Gasteiger partial charge in [0.05, 0.1) is 11.4 Å². The van der Waals surface area contributed by atoms with Crippen LogP contribution in [-0.4, -0.2) is 37.1 Å². The number of aliphatic hydroxyl groups excluding tert-OH is 1. The number of benzene rings is 1. The van der Waals surface area contributed by atoms with Gasteiger partial charge in [-0.2, -0.15) is 13.2 Å². The number of hydrogen-bond donors (Lipinski definition) is 2. The van der Waals surface area contributed by atoms with Crippen LogP contribution in [0.25, 0.3) is 0 Å².